The van der Waals surface area contributed by atoms with Gasteiger partial charge in [-0.25, -0.2) is 0 Å². The fraction of sp³-hybridized carbons (Fsp3) is 0.611. The Morgan fingerprint density at radius 2 is 2.13 bits per heavy atom. The number of hydrogen-bond donors (Lipinski definition) is 2. The van der Waals surface area contributed by atoms with Crippen molar-refractivity contribution in [3.8, 4) is 0 Å². The normalized spacial score (nSPS) is 27.7. The number of carbonyl (C=O) groups is 1. The molecule has 1 saturated carbocycles. The number of nitrogens with one attached hydrogen (secondary N) is 1. The molecule has 3 unspecified atom stereocenters. The summed E-state index contributed by atoms with van der Waals surface area (Å²) in [5, 5.41) is 3.59. The zero-order valence-corrected chi connectivity index (χ0v) is 14.7. The molecule has 1 aromatic carbocycles. The number of rotatable bonds is 3. The number of likely N-dealkylation sites (tertiary alicyclic amines) is 1. The second-order valence-corrected chi connectivity index (χ2v) is 7.61. The van der Waals surface area contributed by atoms with E-state index in [9.17, 15) is 4.79 Å². The molecule has 3 N–H and O–H groups in total. The predicted molar refractivity (Wildman–Crippen MR) is 94.8 cm³/mol. The van der Waals surface area contributed by atoms with E-state index in [1.165, 1.54) is 12.8 Å². The highest BCUT2D eigenvalue weighted by Crippen LogP contribution is 2.35. The van der Waals surface area contributed by atoms with Crippen LogP contribution in [0.25, 0.3) is 0 Å². The van der Waals surface area contributed by atoms with Gasteiger partial charge in [0.25, 0.3) is 0 Å². The molecule has 3 rings (SSSR count). The summed E-state index contributed by atoms with van der Waals surface area (Å²) in [4.78, 5) is 14.6. The molecule has 2 aliphatic rings. The molecule has 0 bridgehead atoms. The van der Waals surface area contributed by atoms with E-state index in [1.54, 1.807) is 0 Å². The first-order valence-electron chi connectivity index (χ1n) is 8.48. The SMILES string of the molecule is Cc1cc(C)c(NC(=O)CN2CC3CCCC(N)C3C2)c(Cl)c1. The quantitative estimate of drug-likeness (QED) is 0.892. The third-order valence-corrected chi connectivity index (χ3v) is 5.59. The Bertz CT molecular complexity index is 581. The Kier molecular flexibility index (Phi) is 4.95. The maximum absolute atomic E-state index is 12.4. The van der Waals surface area contributed by atoms with Crippen LogP contribution in [0.1, 0.15) is 30.4 Å². The molecule has 1 aliphatic heterocycles. The van der Waals surface area contributed by atoms with Crippen molar-refractivity contribution in [1.82, 2.24) is 4.90 Å². The van der Waals surface area contributed by atoms with E-state index in [0.717, 1.165) is 36.3 Å². The van der Waals surface area contributed by atoms with Gasteiger partial charge in [0.05, 0.1) is 17.3 Å². The van der Waals surface area contributed by atoms with Crippen LogP contribution in [0, 0.1) is 25.7 Å². The Morgan fingerprint density at radius 1 is 1.35 bits per heavy atom. The molecule has 0 spiro atoms. The van der Waals surface area contributed by atoms with Crippen LogP contribution in [0.3, 0.4) is 0 Å². The number of aryl methyl sites for hydroxylation is 2. The molecule has 2 fully saturated rings. The summed E-state index contributed by atoms with van der Waals surface area (Å²) in [6, 6.07) is 4.22. The second kappa shape index (κ2) is 6.80. The van der Waals surface area contributed by atoms with E-state index in [0.29, 0.717) is 29.4 Å². The van der Waals surface area contributed by atoms with Gasteiger partial charge in [0.1, 0.15) is 0 Å². The van der Waals surface area contributed by atoms with Crippen molar-refractivity contribution in [2.75, 3.05) is 25.0 Å². The molecule has 0 aromatic heterocycles. The first-order valence-corrected chi connectivity index (χ1v) is 8.86. The van der Waals surface area contributed by atoms with Gasteiger partial charge in [0.2, 0.25) is 5.91 Å². The lowest BCUT2D eigenvalue weighted by Crippen LogP contribution is -2.38. The van der Waals surface area contributed by atoms with Crippen LogP contribution in [0.2, 0.25) is 5.02 Å². The summed E-state index contributed by atoms with van der Waals surface area (Å²) >= 11 is 6.27. The van der Waals surface area contributed by atoms with Crippen LogP contribution in [-0.2, 0) is 4.79 Å². The van der Waals surface area contributed by atoms with Gasteiger partial charge in [-0.1, -0.05) is 24.1 Å². The molecule has 23 heavy (non-hydrogen) atoms. The van der Waals surface area contributed by atoms with Crippen molar-refractivity contribution in [1.29, 1.82) is 0 Å². The molecule has 1 aromatic rings. The van der Waals surface area contributed by atoms with Crippen molar-refractivity contribution in [3.05, 3.63) is 28.3 Å². The van der Waals surface area contributed by atoms with Gasteiger partial charge in [-0.2, -0.15) is 0 Å². The maximum atomic E-state index is 12.4. The highest BCUT2D eigenvalue weighted by molar-refractivity contribution is 6.34. The molecular formula is C18H26ClN3O. The fourth-order valence-electron chi connectivity index (χ4n) is 4.19. The van der Waals surface area contributed by atoms with E-state index < -0.39 is 0 Å². The van der Waals surface area contributed by atoms with Gasteiger partial charge in [0, 0.05) is 19.1 Å². The summed E-state index contributed by atoms with van der Waals surface area (Å²) in [5.41, 5.74) is 9.08. The average Bonchev–Trinajstić information content (AvgIpc) is 2.86. The first kappa shape index (κ1) is 16.7. The van der Waals surface area contributed by atoms with Gasteiger partial charge >= 0.3 is 0 Å². The Morgan fingerprint density at radius 3 is 2.83 bits per heavy atom. The lowest BCUT2D eigenvalue weighted by atomic mass is 9.78. The topological polar surface area (TPSA) is 58.4 Å². The number of anilines is 1. The number of halogens is 1. The summed E-state index contributed by atoms with van der Waals surface area (Å²) in [6.45, 7) is 6.33. The van der Waals surface area contributed by atoms with E-state index in [4.69, 9.17) is 17.3 Å². The zero-order valence-electron chi connectivity index (χ0n) is 13.9. The summed E-state index contributed by atoms with van der Waals surface area (Å²) < 4.78 is 0. The summed E-state index contributed by atoms with van der Waals surface area (Å²) in [7, 11) is 0. The lowest BCUT2D eigenvalue weighted by molar-refractivity contribution is -0.117. The Hall–Kier alpha value is -1.10. The van der Waals surface area contributed by atoms with Gasteiger partial charge in [0.15, 0.2) is 0 Å². The third kappa shape index (κ3) is 3.70. The molecule has 0 radical (unpaired) electrons. The van der Waals surface area contributed by atoms with Gasteiger partial charge < -0.3 is 11.1 Å². The maximum Gasteiger partial charge on any atom is 0.238 e. The van der Waals surface area contributed by atoms with Crippen molar-refractivity contribution in [2.24, 2.45) is 17.6 Å². The van der Waals surface area contributed by atoms with Crippen LogP contribution in [-0.4, -0.2) is 36.5 Å². The Labute approximate surface area is 143 Å². The minimum absolute atomic E-state index is 0.00562. The van der Waals surface area contributed by atoms with Crippen LogP contribution < -0.4 is 11.1 Å². The largest absolute Gasteiger partial charge is 0.327 e. The summed E-state index contributed by atoms with van der Waals surface area (Å²) in [6.07, 6.45) is 3.60. The van der Waals surface area contributed by atoms with Crippen LogP contribution in [0.4, 0.5) is 5.69 Å². The van der Waals surface area contributed by atoms with E-state index in [-0.39, 0.29) is 5.91 Å². The van der Waals surface area contributed by atoms with Crippen molar-refractivity contribution in [2.45, 2.75) is 39.2 Å². The third-order valence-electron chi connectivity index (χ3n) is 5.29. The number of fused-ring (bicyclic) bond motifs is 1. The molecule has 1 amide bonds. The van der Waals surface area contributed by atoms with Gasteiger partial charge in [-0.3, -0.25) is 9.69 Å². The standard InChI is InChI=1S/C18H26ClN3O/c1-11-6-12(2)18(15(19)7-11)21-17(23)10-22-8-13-4-3-5-16(20)14(13)9-22/h6-7,13-14,16H,3-5,8-10,20H2,1-2H3,(H,21,23). The monoisotopic (exact) mass is 335 g/mol. The minimum Gasteiger partial charge on any atom is -0.327 e. The first-order chi connectivity index (χ1) is 10.9. The fourth-order valence-corrected chi connectivity index (χ4v) is 4.56. The van der Waals surface area contributed by atoms with E-state index in [2.05, 4.69) is 10.2 Å². The number of hydrogen-bond acceptors (Lipinski definition) is 3. The van der Waals surface area contributed by atoms with Gasteiger partial charge in [-0.15, -0.1) is 0 Å². The van der Waals surface area contributed by atoms with Crippen molar-refractivity contribution >= 4 is 23.2 Å². The number of carbonyl (C=O) groups excluding carboxylic acids is 1. The van der Waals surface area contributed by atoms with E-state index in [1.807, 2.05) is 26.0 Å². The van der Waals surface area contributed by atoms with Crippen LogP contribution >= 0.6 is 11.6 Å². The molecule has 126 valence electrons. The van der Waals surface area contributed by atoms with Crippen LogP contribution in [0.15, 0.2) is 12.1 Å². The number of benzene rings is 1. The molecule has 5 heteroatoms. The van der Waals surface area contributed by atoms with E-state index >= 15 is 0 Å². The second-order valence-electron chi connectivity index (χ2n) is 7.20. The number of nitrogens with two attached hydrogens (primary N) is 1. The number of nitrogens with zero attached hydrogens (tertiary/aromatic N) is 1. The highest BCUT2D eigenvalue weighted by atomic mass is 35.5. The average molecular weight is 336 g/mol. The zero-order chi connectivity index (χ0) is 16.6. The number of amides is 1. The van der Waals surface area contributed by atoms with Crippen molar-refractivity contribution in [3.63, 3.8) is 0 Å². The van der Waals surface area contributed by atoms with Gasteiger partial charge in [-0.05, 0) is 55.7 Å². The molecule has 4 nitrogen and oxygen atoms in total. The molecule has 1 heterocycles. The molecule has 1 aliphatic carbocycles. The molecule has 1 saturated heterocycles. The molecular weight excluding hydrogens is 310 g/mol. The lowest BCUT2D eigenvalue weighted by Gasteiger charge is -2.29. The highest BCUT2D eigenvalue weighted by Gasteiger charge is 2.39. The predicted octanol–water partition coefficient (Wildman–Crippen LogP) is 2.95. The Balaban J connectivity index is 1.60. The minimum atomic E-state index is 0.00562. The molecule has 3 atom stereocenters. The van der Waals surface area contributed by atoms with Crippen LogP contribution in [0.5, 0.6) is 0 Å². The smallest absolute Gasteiger partial charge is 0.238 e. The summed E-state index contributed by atoms with van der Waals surface area (Å²) in [5.74, 6) is 1.23. The van der Waals surface area contributed by atoms with Crippen molar-refractivity contribution < 1.29 is 4.79 Å².